The van der Waals surface area contributed by atoms with E-state index in [2.05, 4.69) is 67.1 Å². The highest BCUT2D eigenvalue weighted by Gasteiger charge is 2.39. The molecule has 0 fully saturated rings. The highest BCUT2D eigenvalue weighted by atomic mass is 32.1. The lowest BCUT2D eigenvalue weighted by molar-refractivity contribution is -0.146. The first-order valence-electron chi connectivity index (χ1n) is 26.9. The van der Waals surface area contributed by atoms with Crippen LogP contribution in [0.15, 0.2) is 122 Å². The van der Waals surface area contributed by atoms with Gasteiger partial charge in [0.2, 0.25) is 41.4 Å². The topological polar surface area (TPSA) is 333 Å². The number of carboxylic acid groups (broad SMARTS) is 1. The van der Waals surface area contributed by atoms with Gasteiger partial charge < -0.3 is 63.5 Å². The Labute approximate surface area is 486 Å². The Morgan fingerprint density at radius 1 is 0.622 bits per heavy atom. The predicted octanol–water partition coefficient (Wildman–Crippen LogP) is 1.81. The number of aromatic nitrogens is 2. The molecule has 9 atom stereocenters. The molecule has 436 valence electrons. The normalized spacial score (nSPS) is 14.6. The van der Waals surface area contributed by atoms with Crippen LogP contribution in [-0.2, 0) is 64.0 Å². The summed E-state index contributed by atoms with van der Waals surface area (Å²) in [5.41, 5.74) is 16.5. The maximum Gasteiger partial charge on any atom is 0.326 e. The highest BCUT2D eigenvalue weighted by Crippen LogP contribution is 2.21. The number of likely N-dealkylation sites (N-methyl/N-ethyl adjacent to an activating group) is 1. The van der Waals surface area contributed by atoms with Crippen LogP contribution in [0.3, 0.4) is 0 Å². The fraction of sp³-hybridized carbons (Fsp3) is 0.373. The number of thiol groups is 2. The second kappa shape index (κ2) is 30.8. The summed E-state index contributed by atoms with van der Waals surface area (Å²) in [5, 5.41) is 39.8. The van der Waals surface area contributed by atoms with E-state index in [-0.39, 0.29) is 50.2 Å². The first-order chi connectivity index (χ1) is 39.3. The summed E-state index contributed by atoms with van der Waals surface area (Å²) in [7, 11) is 1.25. The molecule has 21 nitrogen and oxygen atoms in total. The van der Waals surface area contributed by atoms with Crippen LogP contribution in [0.4, 0.5) is 0 Å². The van der Waals surface area contributed by atoms with Gasteiger partial charge in [-0.25, -0.2) is 4.79 Å². The van der Waals surface area contributed by atoms with E-state index < -0.39 is 102 Å². The molecule has 4 aromatic carbocycles. The zero-order valence-electron chi connectivity index (χ0n) is 45.9. The van der Waals surface area contributed by atoms with Gasteiger partial charge in [0.1, 0.15) is 42.3 Å². The van der Waals surface area contributed by atoms with E-state index >= 15 is 0 Å². The number of H-pyrrole nitrogens is 1. The molecule has 0 bridgehead atoms. The standard InChI is InChI=1S/C59H73N11O10S2/c1-34-17-19-36(20-18-34)26-43(61)52(72)68-49(32-81)55(75)65-46(28-38-11-10-24-62-30-38)53(73)66-47(29-41-31-63-44-15-7-6-14-42(41)44)54(74)64-45(16-8-9-23-60)58(78)70(3)51(35(2)71)57(77)69-50(33-82)56(76)67-48(59(79)80)27-37-21-22-39-12-4-5-13-40(39)25-37/h4-7,10-15,17-22,24-25,30-31,35,43,45-51,63,71,81-82H,8-9,16,23,26-29,32-33,60-61H2,1-3H3,(H,64,74)(H,65,75)(H,66,73)(H,67,76)(H,68,72)(H,69,77)(H,79,80)/t35-,43+,45+,46+,47-,48+,49-,50+,51+/m1/s1. The summed E-state index contributed by atoms with van der Waals surface area (Å²) < 4.78 is 0. The molecule has 2 heterocycles. The average Bonchev–Trinajstić information content (AvgIpc) is 4.07. The van der Waals surface area contributed by atoms with Crippen LogP contribution in [0.2, 0.25) is 0 Å². The van der Waals surface area contributed by atoms with Crippen molar-refractivity contribution >= 4 is 94.3 Å². The Bertz CT molecular complexity index is 3170. The number of amides is 7. The van der Waals surface area contributed by atoms with Gasteiger partial charge in [0.15, 0.2) is 0 Å². The van der Waals surface area contributed by atoms with Gasteiger partial charge in [-0.3, -0.25) is 38.5 Å². The number of aliphatic hydroxyl groups excluding tert-OH is 1. The molecule has 7 amide bonds. The summed E-state index contributed by atoms with van der Waals surface area (Å²) >= 11 is 8.61. The van der Waals surface area contributed by atoms with E-state index in [4.69, 9.17) is 11.5 Å². The van der Waals surface area contributed by atoms with Gasteiger partial charge in [-0.15, -0.1) is 0 Å². The van der Waals surface area contributed by atoms with Crippen LogP contribution in [0, 0.1) is 6.92 Å². The minimum absolute atomic E-state index is 0.00529. The smallest absolute Gasteiger partial charge is 0.326 e. The van der Waals surface area contributed by atoms with Crippen molar-refractivity contribution in [1.82, 2.24) is 46.8 Å². The van der Waals surface area contributed by atoms with Gasteiger partial charge in [0.25, 0.3) is 0 Å². The van der Waals surface area contributed by atoms with E-state index in [0.717, 1.165) is 37.7 Å². The molecule has 0 unspecified atom stereocenters. The average molecular weight is 1160 g/mol. The second-order valence-electron chi connectivity index (χ2n) is 20.3. The highest BCUT2D eigenvalue weighted by molar-refractivity contribution is 7.80. The number of hydrogen-bond donors (Lipinski definition) is 13. The number of hydrogen-bond acceptors (Lipinski definition) is 14. The fourth-order valence-electron chi connectivity index (χ4n) is 9.43. The number of fused-ring (bicyclic) bond motifs is 2. The number of unbranched alkanes of at least 4 members (excludes halogenated alkanes) is 1. The van der Waals surface area contributed by atoms with E-state index in [0.29, 0.717) is 29.5 Å². The van der Waals surface area contributed by atoms with Crippen LogP contribution in [0.25, 0.3) is 21.7 Å². The number of rotatable bonds is 30. The number of para-hydroxylation sites is 1. The summed E-state index contributed by atoms with van der Waals surface area (Å²) in [6.45, 7) is 3.43. The molecular formula is C59H73N11O10S2. The van der Waals surface area contributed by atoms with Crippen molar-refractivity contribution in [1.29, 1.82) is 0 Å². The largest absolute Gasteiger partial charge is 0.480 e. The second-order valence-corrected chi connectivity index (χ2v) is 21.0. The number of carboxylic acids is 1. The molecule has 0 aliphatic carbocycles. The predicted molar refractivity (Wildman–Crippen MR) is 319 cm³/mol. The third-order valence-corrected chi connectivity index (χ3v) is 14.7. The van der Waals surface area contributed by atoms with E-state index in [1.165, 1.54) is 26.4 Å². The molecule has 82 heavy (non-hydrogen) atoms. The number of aliphatic carboxylic acids is 1. The molecule has 0 radical (unpaired) electrons. The molecule has 0 spiro atoms. The molecule has 0 saturated carbocycles. The first kappa shape index (κ1) is 63.4. The van der Waals surface area contributed by atoms with Gasteiger partial charge in [0, 0.05) is 67.3 Å². The Hall–Kier alpha value is -7.83. The minimum atomic E-state index is -1.65. The summed E-state index contributed by atoms with van der Waals surface area (Å²) in [5.74, 6) is -7.49. The van der Waals surface area contributed by atoms with Crippen molar-refractivity contribution in [3.8, 4) is 0 Å². The van der Waals surface area contributed by atoms with Gasteiger partial charge in [-0.2, -0.15) is 25.3 Å². The van der Waals surface area contributed by atoms with Crippen molar-refractivity contribution in [2.75, 3.05) is 25.1 Å². The molecule has 0 aliphatic heterocycles. The van der Waals surface area contributed by atoms with E-state index in [9.17, 15) is 48.6 Å². The number of aromatic amines is 1. The van der Waals surface area contributed by atoms with Crippen LogP contribution in [0.5, 0.6) is 0 Å². The number of nitrogens with zero attached hydrogens (tertiary/aromatic N) is 2. The zero-order valence-corrected chi connectivity index (χ0v) is 47.7. The summed E-state index contributed by atoms with van der Waals surface area (Å²) in [4.78, 5) is 120. The van der Waals surface area contributed by atoms with Crippen molar-refractivity contribution in [3.63, 3.8) is 0 Å². The Morgan fingerprint density at radius 2 is 1.18 bits per heavy atom. The van der Waals surface area contributed by atoms with Gasteiger partial charge >= 0.3 is 5.97 Å². The number of carbonyl (C=O) groups is 8. The molecule has 23 heteroatoms. The lowest BCUT2D eigenvalue weighted by Crippen LogP contribution is -2.62. The molecule has 0 aliphatic rings. The number of nitrogens with one attached hydrogen (secondary N) is 7. The number of nitrogens with two attached hydrogens (primary N) is 2. The third-order valence-electron chi connectivity index (χ3n) is 14.0. The summed E-state index contributed by atoms with van der Waals surface area (Å²) in [6, 6.07) is 20.2. The SMILES string of the molecule is Cc1ccc(C[C@H](N)C(=O)N[C@H](CS)C(=O)N[C@@H](Cc2cccnc2)C(=O)N[C@H](Cc2c[nH]c3ccccc23)C(=O)N[C@@H](CCCCN)C(=O)N(C)[C@H](C(=O)N[C@@H](CS)C(=O)N[C@@H](Cc2ccc3ccccc3c2)C(=O)O)[C@@H](C)O)cc1. The minimum Gasteiger partial charge on any atom is -0.480 e. The monoisotopic (exact) mass is 1160 g/mol. The molecule has 6 rings (SSSR count). The number of aryl methyl sites for hydroxylation is 1. The van der Waals surface area contributed by atoms with Crippen molar-refractivity contribution < 1.29 is 48.6 Å². The Kier molecular flexibility index (Phi) is 23.8. The fourth-order valence-corrected chi connectivity index (χ4v) is 9.95. The maximum absolute atomic E-state index is 14.9. The first-order valence-corrected chi connectivity index (χ1v) is 28.2. The van der Waals surface area contributed by atoms with Gasteiger partial charge in [-0.1, -0.05) is 96.6 Å². The number of benzene rings is 4. The molecule has 13 N–H and O–H groups in total. The van der Waals surface area contributed by atoms with Crippen LogP contribution in [-0.4, -0.2) is 152 Å². The number of carbonyl (C=O) groups excluding carboxylic acids is 7. The van der Waals surface area contributed by atoms with E-state index in [1.807, 2.05) is 85.8 Å². The molecule has 6 aromatic rings. The van der Waals surface area contributed by atoms with E-state index in [1.54, 1.807) is 30.5 Å². The van der Waals surface area contributed by atoms with Crippen molar-refractivity contribution in [3.05, 3.63) is 150 Å². The van der Waals surface area contributed by atoms with Crippen molar-refractivity contribution in [2.24, 2.45) is 11.5 Å². The van der Waals surface area contributed by atoms with Crippen LogP contribution in [0.1, 0.15) is 54.0 Å². The van der Waals surface area contributed by atoms with Crippen LogP contribution < -0.4 is 43.4 Å². The van der Waals surface area contributed by atoms with Crippen LogP contribution >= 0.6 is 25.3 Å². The molecule has 2 aromatic heterocycles. The Morgan fingerprint density at radius 3 is 1.80 bits per heavy atom. The quantitative estimate of drug-likeness (QED) is 0.0226. The Balaban J connectivity index is 1.21. The molecular weight excluding hydrogens is 1090 g/mol. The van der Waals surface area contributed by atoms with Gasteiger partial charge in [-0.05, 0) is 91.2 Å². The maximum atomic E-state index is 14.9. The number of pyridine rings is 1. The third kappa shape index (κ3) is 17.8. The zero-order chi connectivity index (χ0) is 59.5. The van der Waals surface area contributed by atoms with Gasteiger partial charge in [0.05, 0.1) is 12.1 Å². The van der Waals surface area contributed by atoms with Crippen molar-refractivity contribution in [2.45, 2.75) is 113 Å². The lowest BCUT2D eigenvalue weighted by atomic mass is 10.0. The molecule has 0 saturated heterocycles. The summed E-state index contributed by atoms with van der Waals surface area (Å²) in [6.07, 6.45) is 3.79. The number of aliphatic hydroxyl groups is 1. The lowest BCUT2D eigenvalue weighted by Gasteiger charge is -2.34.